The fraction of sp³-hybridized carbons (Fsp3) is 0.381. The maximum absolute atomic E-state index is 11.0. The molecule has 1 amide bonds. The summed E-state index contributed by atoms with van der Waals surface area (Å²) in [6.07, 6.45) is 2.25. The molecule has 0 aliphatic carbocycles. The van der Waals surface area contributed by atoms with Crippen LogP contribution in [0.5, 0.6) is 17.2 Å². The van der Waals surface area contributed by atoms with Gasteiger partial charge < -0.3 is 19.9 Å². The van der Waals surface area contributed by atoms with Gasteiger partial charge in [-0.3, -0.25) is 9.69 Å². The van der Waals surface area contributed by atoms with Gasteiger partial charge in [-0.1, -0.05) is 23.7 Å². The second-order valence-electron chi connectivity index (χ2n) is 6.77. The van der Waals surface area contributed by atoms with E-state index in [1.54, 1.807) is 14.2 Å². The summed E-state index contributed by atoms with van der Waals surface area (Å²) in [6, 6.07) is 12.3. The van der Waals surface area contributed by atoms with E-state index in [9.17, 15) is 4.79 Å². The summed E-state index contributed by atoms with van der Waals surface area (Å²) in [5.74, 6) is 1.11. The number of rotatable bonds is 8. The van der Waals surface area contributed by atoms with Gasteiger partial charge in [-0.05, 0) is 54.8 Å². The molecule has 1 aliphatic rings. The number of carbonyl (C=O) groups excluding carboxylic acids is 1. The molecule has 0 radical (unpaired) electrons. The summed E-state index contributed by atoms with van der Waals surface area (Å²) in [5, 5.41) is 0.399. The minimum atomic E-state index is -0.568. The van der Waals surface area contributed by atoms with Gasteiger partial charge in [-0.25, -0.2) is 0 Å². The van der Waals surface area contributed by atoms with Gasteiger partial charge in [0.05, 0.1) is 19.2 Å². The molecule has 1 aliphatic heterocycles. The molecule has 2 aromatic carbocycles. The number of carbonyl (C=O) groups is 1. The number of ether oxygens (including phenoxy) is 3. The molecule has 1 saturated heterocycles. The number of amides is 1. The number of hydrogen-bond acceptors (Lipinski definition) is 5. The summed E-state index contributed by atoms with van der Waals surface area (Å²) in [5.41, 5.74) is 7.44. The molecule has 0 spiro atoms. The van der Waals surface area contributed by atoms with Gasteiger partial charge in [0.25, 0.3) is 5.91 Å². The summed E-state index contributed by atoms with van der Waals surface area (Å²) in [4.78, 5) is 13.4. The summed E-state index contributed by atoms with van der Waals surface area (Å²) < 4.78 is 16.1. The lowest BCUT2D eigenvalue weighted by Crippen LogP contribution is -2.23. The minimum Gasteiger partial charge on any atom is -0.497 e. The molecule has 0 bridgehead atoms. The number of primary amides is 1. The van der Waals surface area contributed by atoms with Crippen molar-refractivity contribution in [1.82, 2.24) is 4.90 Å². The average Bonchev–Trinajstić information content (AvgIpc) is 3.14. The first kappa shape index (κ1) is 20.3. The smallest absolute Gasteiger partial charge is 0.255 e. The van der Waals surface area contributed by atoms with E-state index < -0.39 is 5.91 Å². The monoisotopic (exact) mass is 404 g/mol. The molecule has 0 saturated carbocycles. The van der Waals surface area contributed by atoms with Crippen molar-refractivity contribution in [3.05, 3.63) is 52.5 Å². The van der Waals surface area contributed by atoms with E-state index in [-0.39, 0.29) is 6.61 Å². The Bertz CT molecular complexity index is 826. The average molecular weight is 405 g/mol. The first-order valence-electron chi connectivity index (χ1n) is 9.17. The topological polar surface area (TPSA) is 74.0 Å². The summed E-state index contributed by atoms with van der Waals surface area (Å²) >= 11 is 6.38. The van der Waals surface area contributed by atoms with E-state index in [1.807, 2.05) is 24.3 Å². The van der Waals surface area contributed by atoms with Crippen molar-refractivity contribution < 1.29 is 19.0 Å². The standard InChI is InChI=1S/C21H25ClN2O4/c1-26-16-7-5-15(6-8-16)18-4-3-9-24(18)12-14-10-17(22)21(19(11-14)27-2)28-13-20(23)25/h5-8,10-11,18H,3-4,9,12-13H2,1-2H3,(H2,23,25)/t18-/m1/s1. The molecule has 2 N–H and O–H groups in total. The first-order chi connectivity index (χ1) is 13.5. The van der Waals surface area contributed by atoms with Crippen LogP contribution >= 0.6 is 11.6 Å². The van der Waals surface area contributed by atoms with Gasteiger partial charge in [0.15, 0.2) is 18.1 Å². The lowest BCUT2D eigenvalue weighted by Gasteiger charge is -2.25. The van der Waals surface area contributed by atoms with Crippen molar-refractivity contribution in [1.29, 1.82) is 0 Å². The Balaban J connectivity index is 1.77. The molecule has 1 atom stereocenters. The highest BCUT2D eigenvalue weighted by Gasteiger charge is 2.26. The highest BCUT2D eigenvalue weighted by atomic mass is 35.5. The summed E-state index contributed by atoms with van der Waals surface area (Å²) in [7, 11) is 3.22. The first-order valence-corrected chi connectivity index (χ1v) is 9.55. The fourth-order valence-corrected chi connectivity index (χ4v) is 3.89. The van der Waals surface area contributed by atoms with Crippen LogP contribution in [0.1, 0.15) is 30.0 Å². The lowest BCUT2D eigenvalue weighted by atomic mass is 10.0. The van der Waals surface area contributed by atoms with Crippen LogP contribution in [-0.4, -0.2) is 38.2 Å². The Morgan fingerprint density at radius 3 is 2.61 bits per heavy atom. The zero-order valence-electron chi connectivity index (χ0n) is 16.1. The van der Waals surface area contributed by atoms with Crippen LogP contribution in [0.2, 0.25) is 5.02 Å². The third-order valence-electron chi connectivity index (χ3n) is 4.90. The number of likely N-dealkylation sites (tertiary alicyclic amines) is 1. The molecule has 7 heteroatoms. The van der Waals surface area contributed by atoms with Crippen molar-refractivity contribution in [3.63, 3.8) is 0 Å². The quantitative estimate of drug-likeness (QED) is 0.728. The molecular formula is C21H25ClN2O4. The predicted octanol–water partition coefficient (Wildman–Crippen LogP) is 3.56. The molecule has 1 fully saturated rings. The number of hydrogen-bond donors (Lipinski definition) is 1. The Labute approximate surface area is 170 Å². The van der Waals surface area contributed by atoms with E-state index >= 15 is 0 Å². The number of benzene rings is 2. The van der Waals surface area contributed by atoms with Crippen molar-refractivity contribution in [3.8, 4) is 17.2 Å². The van der Waals surface area contributed by atoms with E-state index in [4.69, 9.17) is 31.5 Å². The van der Waals surface area contributed by atoms with E-state index in [0.717, 1.165) is 37.2 Å². The predicted molar refractivity (Wildman–Crippen MR) is 108 cm³/mol. The van der Waals surface area contributed by atoms with E-state index in [1.165, 1.54) is 5.56 Å². The fourth-order valence-electron chi connectivity index (χ4n) is 3.60. The van der Waals surface area contributed by atoms with Crippen LogP contribution < -0.4 is 19.9 Å². The van der Waals surface area contributed by atoms with Gasteiger partial charge in [0, 0.05) is 12.6 Å². The normalized spacial score (nSPS) is 16.8. The highest BCUT2D eigenvalue weighted by molar-refractivity contribution is 6.32. The van der Waals surface area contributed by atoms with Crippen LogP contribution in [0.15, 0.2) is 36.4 Å². The van der Waals surface area contributed by atoms with E-state index in [0.29, 0.717) is 22.6 Å². The molecule has 150 valence electrons. The lowest BCUT2D eigenvalue weighted by molar-refractivity contribution is -0.119. The number of methoxy groups -OCH3 is 2. The van der Waals surface area contributed by atoms with Gasteiger partial charge in [-0.15, -0.1) is 0 Å². The second kappa shape index (κ2) is 9.17. The molecular weight excluding hydrogens is 380 g/mol. The van der Waals surface area contributed by atoms with Crippen LogP contribution in [0.4, 0.5) is 0 Å². The molecule has 2 aromatic rings. The van der Waals surface area contributed by atoms with Crippen LogP contribution in [-0.2, 0) is 11.3 Å². The molecule has 0 aromatic heterocycles. The molecule has 1 heterocycles. The number of nitrogens with two attached hydrogens (primary N) is 1. The van der Waals surface area contributed by atoms with Gasteiger partial charge in [0.2, 0.25) is 0 Å². The SMILES string of the molecule is COc1ccc([C@H]2CCCN2Cc2cc(Cl)c(OCC(N)=O)c(OC)c2)cc1. The Kier molecular flexibility index (Phi) is 6.65. The van der Waals surface area contributed by atoms with Crippen molar-refractivity contribution in [2.75, 3.05) is 27.4 Å². The molecule has 3 rings (SSSR count). The van der Waals surface area contributed by atoms with Crippen LogP contribution in [0, 0.1) is 0 Å². The maximum Gasteiger partial charge on any atom is 0.255 e. The van der Waals surface area contributed by atoms with Crippen LogP contribution in [0.25, 0.3) is 0 Å². The Morgan fingerprint density at radius 2 is 1.96 bits per heavy atom. The maximum atomic E-state index is 11.0. The Morgan fingerprint density at radius 1 is 1.21 bits per heavy atom. The van der Waals surface area contributed by atoms with Gasteiger partial charge >= 0.3 is 0 Å². The number of halogens is 1. The second-order valence-corrected chi connectivity index (χ2v) is 7.17. The van der Waals surface area contributed by atoms with Crippen LogP contribution in [0.3, 0.4) is 0 Å². The van der Waals surface area contributed by atoms with Crippen molar-refractivity contribution in [2.45, 2.75) is 25.4 Å². The molecule has 0 unspecified atom stereocenters. The Hall–Kier alpha value is -2.44. The zero-order valence-corrected chi connectivity index (χ0v) is 16.9. The third-order valence-corrected chi connectivity index (χ3v) is 5.18. The molecule has 6 nitrogen and oxygen atoms in total. The highest BCUT2D eigenvalue weighted by Crippen LogP contribution is 2.39. The third kappa shape index (κ3) is 4.69. The van der Waals surface area contributed by atoms with Crippen molar-refractivity contribution >= 4 is 17.5 Å². The van der Waals surface area contributed by atoms with Gasteiger partial charge in [0.1, 0.15) is 5.75 Å². The van der Waals surface area contributed by atoms with Gasteiger partial charge in [-0.2, -0.15) is 0 Å². The number of nitrogens with zero attached hydrogens (tertiary/aromatic N) is 1. The summed E-state index contributed by atoms with van der Waals surface area (Å²) in [6.45, 7) is 1.50. The molecule has 28 heavy (non-hydrogen) atoms. The van der Waals surface area contributed by atoms with E-state index in [2.05, 4.69) is 17.0 Å². The van der Waals surface area contributed by atoms with Crippen molar-refractivity contribution in [2.24, 2.45) is 5.73 Å². The largest absolute Gasteiger partial charge is 0.497 e. The zero-order chi connectivity index (χ0) is 20.1. The minimum absolute atomic E-state index is 0.249.